The van der Waals surface area contributed by atoms with Crippen molar-refractivity contribution in [2.24, 2.45) is 0 Å². The van der Waals surface area contributed by atoms with Crippen molar-refractivity contribution >= 4 is 21.9 Å². The predicted octanol–water partition coefficient (Wildman–Crippen LogP) is 2.78. The first-order valence-corrected chi connectivity index (χ1v) is 6.63. The summed E-state index contributed by atoms with van der Waals surface area (Å²) >= 11 is 3.53. The van der Waals surface area contributed by atoms with Gasteiger partial charge in [0.15, 0.2) is 5.82 Å². The number of nitrogens with one attached hydrogen (secondary N) is 1. The van der Waals surface area contributed by atoms with Crippen molar-refractivity contribution in [1.29, 1.82) is 0 Å². The highest BCUT2D eigenvalue weighted by atomic mass is 79.9. The molecule has 0 saturated heterocycles. The van der Waals surface area contributed by atoms with Gasteiger partial charge in [0.25, 0.3) is 0 Å². The van der Waals surface area contributed by atoms with Crippen LogP contribution in [0.15, 0.2) is 10.7 Å². The summed E-state index contributed by atoms with van der Waals surface area (Å²) in [6, 6.07) is 0. The summed E-state index contributed by atoms with van der Waals surface area (Å²) in [7, 11) is 0. The molecular weight excluding hydrogens is 294 g/mol. The number of hydrogen-bond acceptors (Lipinski definition) is 4. The van der Waals surface area contributed by atoms with Gasteiger partial charge in [-0.25, -0.2) is 9.67 Å². The molecular formula is C12H16BrN5. The minimum Gasteiger partial charge on any atom is -0.354 e. The van der Waals surface area contributed by atoms with Crippen LogP contribution in [-0.2, 0) is 0 Å². The summed E-state index contributed by atoms with van der Waals surface area (Å²) < 4.78 is 2.86. The van der Waals surface area contributed by atoms with Crippen LogP contribution in [0.25, 0.3) is 5.82 Å². The molecule has 0 aliphatic heterocycles. The van der Waals surface area contributed by atoms with Gasteiger partial charge in [0.1, 0.15) is 0 Å². The zero-order chi connectivity index (χ0) is 13.3. The van der Waals surface area contributed by atoms with Gasteiger partial charge in [-0.2, -0.15) is 10.1 Å². The van der Waals surface area contributed by atoms with Gasteiger partial charge in [-0.05, 0) is 43.6 Å². The first-order valence-electron chi connectivity index (χ1n) is 5.84. The van der Waals surface area contributed by atoms with Crippen LogP contribution < -0.4 is 5.32 Å². The van der Waals surface area contributed by atoms with E-state index < -0.39 is 0 Å². The summed E-state index contributed by atoms with van der Waals surface area (Å²) in [5, 5.41) is 7.60. The standard InChI is InChI=1S/C12H16BrN5/c1-5-14-12-15-6-7(2)11(16-12)18-9(4)10(13)8(3)17-18/h6H,5H2,1-4H3,(H,14,15,16). The Hall–Kier alpha value is -1.43. The van der Waals surface area contributed by atoms with Crippen molar-refractivity contribution in [2.75, 3.05) is 11.9 Å². The minimum absolute atomic E-state index is 0.627. The number of halogens is 1. The van der Waals surface area contributed by atoms with Crippen molar-refractivity contribution < 1.29 is 0 Å². The SMILES string of the molecule is CCNc1ncc(C)c(-n2nc(C)c(Br)c2C)n1. The highest BCUT2D eigenvalue weighted by molar-refractivity contribution is 9.10. The summed E-state index contributed by atoms with van der Waals surface area (Å²) in [6.45, 7) is 8.77. The van der Waals surface area contributed by atoms with Crippen LogP contribution in [0.4, 0.5) is 5.95 Å². The van der Waals surface area contributed by atoms with E-state index in [4.69, 9.17) is 0 Å². The van der Waals surface area contributed by atoms with Crippen LogP contribution in [0.2, 0.25) is 0 Å². The Morgan fingerprint density at radius 3 is 2.61 bits per heavy atom. The lowest BCUT2D eigenvalue weighted by atomic mass is 10.3. The Balaban J connectivity index is 2.55. The van der Waals surface area contributed by atoms with Crippen LogP contribution in [0.5, 0.6) is 0 Å². The van der Waals surface area contributed by atoms with Gasteiger partial charge in [0.2, 0.25) is 5.95 Å². The zero-order valence-corrected chi connectivity index (χ0v) is 12.5. The number of aryl methyl sites for hydroxylation is 2. The molecule has 0 aromatic carbocycles. The van der Waals surface area contributed by atoms with E-state index >= 15 is 0 Å². The fourth-order valence-corrected chi connectivity index (χ4v) is 1.97. The van der Waals surface area contributed by atoms with E-state index in [9.17, 15) is 0 Å². The highest BCUT2D eigenvalue weighted by Gasteiger charge is 2.14. The average Bonchev–Trinajstić information content (AvgIpc) is 2.60. The third kappa shape index (κ3) is 2.25. The van der Waals surface area contributed by atoms with E-state index in [0.29, 0.717) is 5.95 Å². The second-order valence-electron chi connectivity index (χ2n) is 4.13. The molecule has 1 N–H and O–H groups in total. The number of anilines is 1. The molecule has 2 aromatic rings. The molecule has 2 aromatic heterocycles. The predicted molar refractivity (Wildman–Crippen MR) is 75.2 cm³/mol. The molecule has 0 atom stereocenters. The highest BCUT2D eigenvalue weighted by Crippen LogP contribution is 2.23. The fraction of sp³-hybridized carbons (Fsp3) is 0.417. The van der Waals surface area contributed by atoms with E-state index in [0.717, 1.165) is 33.8 Å². The van der Waals surface area contributed by atoms with Crippen LogP contribution in [0.1, 0.15) is 23.9 Å². The third-order valence-electron chi connectivity index (χ3n) is 2.68. The van der Waals surface area contributed by atoms with Crippen molar-refractivity contribution in [3.63, 3.8) is 0 Å². The minimum atomic E-state index is 0.627. The average molecular weight is 310 g/mol. The lowest BCUT2D eigenvalue weighted by molar-refractivity contribution is 0.792. The third-order valence-corrected chi connectivity index (χ3v) is 3.83. The second-order valence-corrected chi connectivity index (χ2v) is 4.92. The summed E-state index contributed by atoms with van der Waals surface area (Å²) in [6.07, 6.45) is 1.81. The van der Waals surface area contributed by atoms with E-state index in [-0.39, 0.29) is 0 Å². The van der Waals surface area contributed by atoms with Gasteiger partial charge in [0, 0.05) is 18.3 Å². The Morgan fingerprint density at radius 2 is 2.06 bits per heavy atom. The van der Waals surface area contributed by atoms with Crippen LogP contribution in [0.3, 0.4) is 0 Å². The Kier molecular flexibility index (Phi) is 3.65. The van der Waals surface area contributed by atoms with Crippen LogP contribution in [-0.4, -0.2) is 26.3 Å². The maximum absolute atomic E-state index is 4.50. The maximum Gasteiger partial charge on any atom is 0.224 e. The lowest BCUT2D eigenvalue weighted by Gasteiger charge is -2.09. The van der Waals surface area contributed by atoms with Crippen LogP contribution in [0, 0.1) is 20.8 Å². The normalized spacial score (nSPS) is 10.7. The quantitative estimate of drug-likeness (QED) is 0.947. The molecule has 18 heavy (non-hydrogen) atoms. The van der Waals surface area contributed by atoms with E-state index in [1.807, 2.05) is 38.6 Å². The number of nitrogens with zero attached hydrogens (tertiary/aromatic N) is 4. The van der Waals surface area contributed by atoms with Crippen molar-refractivity contribution in [1.82, 2.24) is 19.7 Å². The monoisotopic (exact) mass is 309 g/mol. The lowest BCUT2D eigenvalue weighted by Crippen LogP contribution is -2.09. The Morgan fingerprint density at radius 1 is 1.33 bits per heavy atom. The Bertz CT molecular complexity index is 576. The second kappa shape index (κ2) is 5.06. The molecule has 6 heteroatoms. The number of hydrogen-bond donors (Lipinski definition) is 1. The number of aromatic nitrogens is 4. The molecule has 5 nitrogen and oxygen atoms in total. The molecule has 0 fully saturated rings. The zero-order valence-electron chi connectivity index (χ0n) is 11.0. The first-order chi connectivity index (χ1) is 8.54. The van der Waals surface area contributed by atoms with E-state index in [1.54, 1.807) is 0 Å². The molecule has 0 unspecified atom stereocenters. The van der Waals surface area contributed by atoms with Gasteiger partial charge in [-0.15, -0.1) is 0 Å². The first kappa shape index (κ1) is 13.0. The molecule has 0 bridgehead atoms. The topological polar surface area (TPSA) is 55.6 Å². The molecule has 0 amide bonds. The molecule has 0 spiro atoms. The fourth-order valence-electron chi connectivity index (χ4n) is 1.72. The maximum atomic E-state index is 4.50. The summed E-state index contributed by atoms with van der Waals surface area (Å²) in [4.78, 5) is 8.74. The van der Waals surface area contributed by atoms with Crippen LogP contribution >= 0.6 is 15.9 Å². The summed E-state index contributed by atoms with van der Waals surface area (Å²) in [5.74, 6) is 1.44. The van der Waals surface area contributed by atoms with Crippen molar-refractivity contribution in [2.45, 2.75) is 27.7 Å². The van der Waals surface area contributed by atoms with Gasteiger partial charge in [-0.1, -0.05) is 0 Å². The van der Waals surface area contributed by atoms with Gasteiger partial charge < -0.3 is 5.32 Å². The largest absolute Gasteiger partial charge is 0.354 e. The van der Waals surface area contributed by atoms with Crippen molar-refractivity contribution in [3.05, 3.63) is 27.6 Å². The van der Waals surface area contributed by atoms with Gasteiger partial charge >= 0.3 is 0 Å². The van der Waals surface area contributed by atoms with E-state index in [1.165, 1.54) is 0 Å². The van der Waals surface area contributed by atoms with Gasteiger partial charge in [-0.3, -0.25) is 0 Å². The molecule has 2 rings (SSSR count). The molecule has 96 valence electrons. The van der Waals surface area contributed by atoms with Crippen molar-refractivity contribution in [3.8, 4) is 5.82 Å². The molecule has 0 aliphatic rings. The van der Waals surface area contributed by atoms with Gasteiger partial charge in [0.05, 0.1) is 15.9 Å². The molecule has 2 heterocycles. The molecule has 0 radical (unpaired) electrons. The molecule has 0 aliphatic carbocycles. The Labute approximate surface area is 115 Å². The summed E-state index contributed by atoms with van der Waals surface area (Å²) in [5.41, 5.74) is 2.99. The smallest absolute Gasteiger partial charge is 0.224 e. The van der Waals surface area contributed by atoms with E-state index in [2.05, 4.69) is 36.3 Å². The molecule has 0 saturated carbocycles. The number of rotatable bonds is 3.